The molecule has 0 heterocycles. The Balaban J connectivity index is 2.46. The molecule has 0 aliphatic rings. The summed E-state index contributed by atoms with van der Waals surface area (Å²) < 4.78 is 0. The molecule has 1 heteroatoms. The first-order valence-corrected chi connectivity index (χ1v) is 5.66. The van der Waals surface area contributed by atoms with Gasteiger partial charge >= 0.3 is 0 Å². The summed E-state index contributed by atoms with van der Waals surface area (Å²) in [7, 11) is 0. The summed E-state index contributed by atoms with van der Waals surface area (Å²) in [5, 5.41) is 0. The molecule has 2 N–H and O–H groups in total. The predicted octanol–water partition coefficient (Wildman–Crippen LogP) is 3.81. The van der Waals surface area contributed by atoms with E-state index in [1.807, 2.05) is 13.0 Å². The van der Waals surface area contributed by atoms with E-state index in [2.05, 4.69) is 43.3 Å². The van der Waals surface area contributed by atoms with E-state index in [1.54, 1.807) is 0 Å². The highest BCUT2D eigenvalue weighted by molar-refractivity contribution is 5.78. The van der Waals surface area contributed by atoms with E-state index in [4.69, 9.17) is 5.73 Å². The number of hydrogen-bond acceptors (Lipinski definition) is 1. The molecule has 82 valence electrons. The number of para-hydroxylation sites is 1. The van der Waals surface area contributed by atoms with Gasteiger partial charge in [-0.1, -0.05) is 49.4 Å². The minimum absolute atomic E-state index is 0.881. The normalized spacial score (nSPS) is 10.4. The van der Waals surface area contributed by atoms with Crippen molar-refractivity contribution in [2.24, 2.45) is 0 Å². The third kappa shape index (κ3) is 1.94. The lowest BCUT2D eigenvalue weighted by Crippen LogP contribution is -1.93. The average Bonchev–Trinajstić information content (AvgIpc) is 2.33. The van der Waals surface area contributed by atoms with Gasteiger partial charge in [0.1, 0.15) is 0 Å². The second-order valence-electron chi connectivity index (χ2n) is 4.09. The lowest BCUT2D eigenvalue weighted by atomic mass is 9.99. The van der Waals surface area contributed by atoms with Gasteiger partial charge in [0.25, 0.3) is 0 Å². The molecular formula is C15H17N. The number of rotatable bonds is 2. The van der Waals surface area contributed by atoms with Crippen LogP contribution in [0.3, 0.4) is 0 Å². The summed E-state index contributed by atoms with van der Waals surface area (Å²) in [4.78, 5) is 0. The van der Waals surface area contributed by atoms with E-state index in [1.165, 1.54) is 11.1 Å². The summed E-state index contributed by atoms with van der Waals surface area (Å²) in [5.74, 6) is 0. The fraction of sp³-hybridized carbons (Fsp3) is 0.200. The van der Waals surface area contributed by atoms with Gasteiger partial charge in [-0.05, 0) is 30.0 Å². The number of benzene rings is 2. The Labute approximate surface area is 96.9 Å². The van der Waals surface area contributed by atoms with Crippen LogP contribution in [0, 0.1) is 6.92 Å². The molecule has 0 aromatic heterocycles. The molecule has 2 aromatic rings. The van der Waals surface area contributed by atoms with E-state index in [9.17, 15) is 0 Å². The zero-order valence-corrected chi connectivity index (χ0v) is 9.83. The van der Waals surface area contributed by atoms with Crippen LogP contribution in [-0.4, -0.2) is 0 Å². The number of aryl methyl sites for hydroxylation is 2. The molecule has 2 rings (SSSR count). The van der Waals surface area contributed by atoms with Gasteiger partial charge < -0.3 is 5.73 Å². The van der Waals surface area contributed by atoms with Crippen molar-refractivity contribution >= 4 is 5.69 Å². The first kappa shape index (κ1) is 10.7. The molecule has 0 aliphatic carbocycles. The van der Waals surface area contributed by atoms with Crippen molar-refractivity contribution in [3.63, 3.8) is 0 Å². The van der Waals surface area contributed by atoms with Gasteiger partial charge in [0, 0.05) is 11.3 Å². The predicted molar refractivity (Wildman–Crippen MR) is 70.4 cm³/mol. The van der Waals surface area contributed by atoms with Crippen LogP contribution < -0.4 is 5.73 Å². The van der Waals surface area contributed by atoms with Crippen LogP contribution in [0.25, 0.3) is 11.1 Å². The van der Waals surface area contributed by atoms with E-state index in [0.717, 1.165) is 23.2 Å². The van der Waals surface area contributed by atoms with Gasteiger partial charge in [-0.2, -0.15) is 0 Å². The molecule has 16 heavy (non-hydrogen) atoms. The number of anilines is 1. The van der Waals surface area contributed by atoms with E-state index in [-0.39, 0.29) is 0 Å². The molecule has 1 nitrogen and oxygen atoms in total. The van der Waals surface area contributed by atoms with Gasteiger partial charge in [-0.3, -0.25) is 0 Å². The molecule has 2 aromatic carbocycles. The highest BCUT2D eigenvalue weighted by Crippen LogP contribution is 2.28. The van der Waals surface area contributed by atoms with Crippen molar-refractivity contribution < 1.29 is 0 Å². The van der Waals surface area contributed by atoms with Crippen molar-refractivity contribution in [3.8, 4) is 11.1 Å². The molecular weight excluding hydrogens is 194 g/mol. The maximum Gasteiger partial charge on any atom is 0.0423 e. The Morgan fingerprint density at radius 1 is 1.00 bits per heavy atom. The summed E-state index contributed by atoms with van der Waals surface area (Å²) in [6, 6.07) is 14.8. The van der Waals surface area contributed by atoms with Gasteiger partial charge in [0.15, 0.2) is 0 Å². The Bertz CT molecular complexity index is 483. The smallest absolute Gasteiger partial charge is 0.0423 e. The van der Waals surface area contributed by atoms with Crippen molar-refractivity contribution in [2.45, 2.75) is 20.3 Å². The van der Waals surface area contributed by atoms with Gasteiger partial charge in [0.05, 0.1) is 0 Å². The molecule has 0 saturated heterocycles. The Hall–Kier alpha value is -1.76. The van der Waals surface area contributed by atoms with Crippen LogP contribution in [0.5, 0.6) is 0 Å². The zero-order chi connectivity index (χ0) is 11.5. The van der Waals surface area contributed by atoms with Crippen molar-refractivity contribution in [1.29, 1.82) is 0 Å². The Morgan fingerprint density at radius 2 is 1.69 bits per heavy atom. The van der Waals surface area contributed by atoms with Crippen LogP contribution in [-0.2, 0) is 6.42 Å². The monoisotopic (exact) mass is 211 g/mol. The maximum absolute atomic E-state index is 6.09. The molecule has 0 radical (unpaired) electrons. The topological polar surface area (TPSA) is 26.0 Å². The van der Waals surface area contributed by atoms with Crippen molar-refractivity contribution in [3.05, 3.63) is 53.6 Å². The van der Waals surface area contributed by atoms with Crippen LogP contribution >= 0.6 is 0 Å². The summed E-state index contributed by atoms with van der Waals surface area (Å²) in [6.07, 6.45) is 1.07. The minimum Gasteiger partial charge on any atom is -0.398 e. The molecule has 0 saturated carbocycles. The first-order valence-electron chi connectivity index (χ1n) is 5.66. The second kappa shape index (κ2) is 4.40. The molecule has 0 amide bonds. The highest BCUT2D eigenvalue weighted by Gasteiger charge is 2.03. The lowest BCUT2D eigenvalue weighted by Gasteiger charge is -2.08. The number of hydrogen-bond donors (Lipinski definition) is 1. The SMILES string of the molecule is CCc1ccc(-c2cccc(C)c2N)cc1. The number of nitrogens with two attached hydrogens (primary N) is 1. The van der Waals surface area contributed by atoms with Gasteiger partial charge in [0.2, 0.25) is 0 Å². The molecule has 0 bridgehead atoms. The summed E-state index contributed by atoms with van der Waals surface area (Å²) in [5.41, 5.74) is 11.8. The van der Waals surface area contributed by atoms with E-state index >= 15 is 0 Å². The quantitative estimate of drug-likeness (QED) is 0.751. The maximum atomic E-state index is 6.09. The summed E-state index contributed by atoms with van der Waals surface area (Å²) >= 11 is 0. The molecule has 0 atom stereocenters. The van der Waals surface area contributed by atoms with Crippen LogP contribution in [0.4, 0.5) is 5.69 Å². The first-order chi connectivity index (χ1) is 7.72. The Morgan fingerprint density at radius 3 is 2.31 bits per heavy atom. The highest BCUT2D eigenvalue weighted by atomic mass is 14.6. The largest absolute Gasteiger partial charge is 0.398 e. The third-order valence-corrected chi connectivity index (χ3v) is 3.00. The van der Waals surface area contributed by atoms with Crippen molar-refractivity contribution in [2.75, 3.05) is 5.73 Å². The van der Waals surface area contributed by atoms with Crippen LogP contribution in [0.2, 0.25) is 0 Å². The van der Waals surface area contributed by atoms with E-state index in [0.29, 0.717) is 0 Å². The van der Waals surface area contributed by atoms with Gasteiger partial charge in [-0.15, -0.1) is 0 Å². The molecule has 0 spiro atoms. The fourth-order valence-corrected chi connectivity index (χ4v) is 1.85. The molecule has 0 aliphatic heterocycles. The second-order valence-corrected chi connectivity index (χ2v) is 4.09. The Kier molecular flexibility index (Phi) is 2.95. The summed E-state index contributed by atoms with van der Waals surface area (Å²) in [6.45, 7) is 4.20. The zero-order valence-electron chi connectivity index (χ0n) is 9.83. The standard InChI is InChI=1S/C15H17N/c1-3-12-7-9-13(10-8-12)14-6-4-5-11(2)15(14)16/h4-10H,3,16H2,1-2H3. The van der Waals surface area contributed by atoms with E-state index < -0.39 is 0 Å². The van der Waals surface area contributed by atoms with Gasteiger partial charge in [-0.25, -0.2) is 0 Å². The number of nitrogen functional groups attached to an aromatic ring is 1. The van der Waals surface area contributed by atoms with Crippen LogP contribution in [0.15, 0.2) is 42.5 Å². The third-order valence-electron chi connectivity index (χ3n) is 3.00. The lowest BCUT2D eigenvalue weighted by molar-refractivity contribution is 1.14. The minimum atomic E-state index is 0.881. The molecule has 0 unspecified atom stereocenters. The molecule has 0 fully saturated rings. The van der Waals surface area contributed by atoms with Crippen LogP contribution in [0.1, 0.15) is 18.1 Å². The average molecular weight is 211 g/mol. The fourth-order valence-electron chi connectivity index (χ4n) is 1.85. The van der Waals surface area contributed by atoms with Crippen molar-refractivity contribution in [1.82, 2.24) is 0 Å².